The van der Waals surface area contributed by atoms with Gasteiger partial charge in [0.25, 0.3) is 0 Å². The minimum atomic E-state index is -0.393. The summed E-state index contributed by atoms with van der Waals surface area (Å²) in [6.45, 7) is 1.36. The molecule has 0 heterocycles. The van der Waals surface area contributed by atoms with Crippen LogP contribution in [-0.4, -0.2) is 38.1 Å². The Morgan fingerprint density at radius 3 is 2.58 bits per heavy atom. The number of nitrogens with one attached hydrogen (secondary N) is 1. The Bertz CT molecular complexity index is 662. The lowest BCUT2D eigenvalue weighted by Crippen LogP contribution is -2.35. The molecule has 1 amide bonds. The quantitative estimate of drug-likeness (QED) is 0.809. The minimum Gasteiger partial charge on any atom is -0.494 e. The maximum atomic E-state index is 13.7. The highest BCUT2D eigenvalue weighted by Crippen LogP contribution is 2.18. The lowest BCUT2D eigenvalue weighted by atomic mass is 10.1. The number of likely N-dealkylation sites (N-methyl/N-ethyl adjacent to an activating group) is 1. The minimum absolute atomic E-state index is 0.0394. The van der Waals surface area contributed by atoms with Crippen LogP contribution in [0.4, 0.5) is 4.39 Å². The molecule has 4 nitrogen and oxygen atoms in total. The molecule has 1 N–H and O–H groups in total. The molecule has 0 saturated heterocycles. The second-order valence-electron chi connectivity index (χ2n) is 5.73. The van der Waals surface area contributed by atoms with Crippen molar-refractivity contribution in [3.05, 3.63) is 65.5 Å². The van der Waals surface area contributed by atoms with Gasteiger partial charge in [0.1, 0.15) is 0 Å². The highest BCUT2D eigenvalue weighted by molar-refractivity contribution is 5.77. The van der Waals surface area contributed by atoms with Crippen LogP contribution in [0.2, 0.25) is 0 Å². The number of rotatable bonds is 8. The van der Waals surface area contributed by atoms with Gasteiger partial charge in [-0.25, -0.2) is 4.39 Å². The van der Waals surface area contributed by atoms with Gasteiger partial charge in [-0.3, -0.25) is 9.69 Å². The van der Waals surface area contributed by atoms with E-state index >= 15 is 0 Å². The Labute approximate surface area is 142 Å². The monoisotopic (exact) mass is 330 g/mol. The van der Waals surface area contributed by atoms with Crippen molar-refractivity contribution in [2.45, 2.75) is 13.0 Å². The number of benzene rings is 2. The van der Waals surface area contributed by atoms with E-state index < -0.39 is 5.82 Å². The van der Waals surface area contributed by atoms with Gasteiger partial charge in [-0.05, 0) is 36.7 Å². The van der Waals surface area contributed by atoms with E-state index in [0.717, 1.165) is 12.0 Å². The van der Waals surface area contributed by atoms with Gasteiger partial charge >= 0.3 is 0 Å². The van der Waals surface area contributed by atoms with Crippen molar-refractivity contribution in [2.75, 3.05) is 27.2 Å². The Morgan fingerprint density at radius 2 is 1.92 bits per heavy atom. The second-order valence-corrected chi connectivity index (χ2v) is 5.73. The van der Waals surface area contributed by atoms with Crippen LogP contribution in [0.15, 0.2) is 48.5 Å². The number of carbonyl (C=O) groups is 1. The van der Waals surface area contributed by atoms with Gasteiger partial charge in [0.05, 0.1) is 13.7 Å². The van der Waals surface area contributed by atoms with Crippen LogP contribution in [-0.2, 0) is 17.8 Å². The van der Waals surface area contributed by atoms with E-state index in [2.05, 4.69) is 5.32 Å². The first-order chi connectivity index (χ1) is 11.6. The number of halogens is 1. The van der Waals surface area contributed by atoms with E-state index in [1.165, 1.54) is 18.7 Å². The average Bonchev–Trinajstić information content (AvgIpc) is 2.56. The molecule has 2 rings (SSSR count). The molecule has 0 unspecified atom stereocenters. The average molecular weight is 330 g/mol. The van der Waals surface area contributed by atoms with E-state index in [1.807, 2.05) is 42.3 Å². The SMILES string of the molecule is COc1ccc(CN(C)CC(=O)NCCc2ccccc2)cc1F. The molecular weight excluding hydrogens is 307 g/mol. The molecule has 0 radical (unpaired) electrons. The predicted octanol–water partition coefficient (Wildman–Crippen LogP) is 2.62. The lowest BCUT2D eigenvalue weighted by molar-refractivity contribution is -0.122. The van der Waals surface area contributed by atoms with Gasteiger partial charge in [-0.15, -0.1) is 0 Å². The van der Waals surface area contributed by atoms with E-state index in [0.29, 0.717) is 13.1 Å². The van der Waals surface area contributed by atoms with Gasteiger partial charge in [0, 0.05) is 13.1 Å². The molecule has 0 aliphatic heterocycles. The summed E-state index contributed by atoms with van der Waals surface area (Å²) in [5.74, 6) is -0.210. The number of ether oxygens (including phenoxy) is 1. The molecule has 0 saturated carbocycles. The van der Waals surface area contributed by atoms with Gasteiger partial charge in [-0.2, -0.15) is 0 Å². The summed E-state index contributed by atoms with van der Waals surface area (Å²) in [6, 6.07) is 14.8. The van der Waals surface area contributed by atoms with Crippen LogP contribution in [0.1, 0.15) is 11.1 Å². The maximum Gasteiger partial charge on any atom is 0.234 e. The fourth-order valence-corrected chi connectivity index (χ4v) is 2.47. The van der Waals surface area contributed by atoms with Crippen LogP contribution in [0.25, 0.3) is 0 Å². The zero-order chi connectivity index (χ0) is 17.4. The van der Waals surface area contributed by atoms with Crippen molar-refractivity contribution in [3.63, 3.8) is 0 Å². The normalized spacial score (nSPS) is 10.7. The van der Waals surface area contributed by atoms with Crippen molar-refractivity contribution >= 4 is 5.91 Å². The van der Waals surface area contributed by atoms with E-state index in [9.17, 15) is 9.18 Å². The summed E-state index contributed by atoms with van der Waals surface area (Å²) < 4.78 is 18.6. The second kappa shape index (κ2) is 9.03. The number of methoxy groups -OCH3 is 1. The van der Waals surface area contributed by atoms with Crippen LogP contribution < -0.4 is 10.1 Å². The third-order valence-corrected chi connectivity index (χ3v) is 3.66. The Kier molecular flexibility index (Phi) is 6.75. The third kappa shape index (κ3) is 5.66. The number of nitrogens with zero attached hydrogens (tertiary/aromatic N) is 1. The Balaban J connectivity index is 1.74. The fraction of sp³-hybridized carbons (Fsp3) is 0.316. The highest BCUT2D eigenvalue weighted by atomic mass is 19.1. The molecule has 0 aromatic heterocycles. The van der Waals surface area contributed by atoms with Gasteiger partial charge < -0.3 is 10.1 Å². The standard InChI is InChI=1S/C19H23FN2O2/c1-22(13-16-8-9-18(24-2)17(20)12-16)14-19(23)21-11-10-15-6-4-3-5-7-15/h3-9,12H,10-11,13-14H2,1-2H3,(H,21,23). The van der Waals surface area contributed by atoms with Crippen molar-refractivity contribution in [1.29, 1.82) is 0 Å². The number of amides is 1. The maximum absolute atomic E-state index is 13.7. The first kappa shape index (κ1) is 17.9. The van der Waals surface area contributed by atoms with Gasteiger partial charge in [0.15, 0.2) is 11.6 Å². The molecule has 0 aliphatic rings. The molecule has 5 heteroatoms. The number of hydrogen-bond acceptors (Lipinski definition) is 3. The Hall–Kier alpha value is -2.40. The van der Waals surface area contributed by atoms with Gasteiger partial charge in [-0.1, -0.05) is 36.4 Å². The molecular formula is C19H23FN2O2. The van der Waals surface area contributed by atoms with Crippen LogP contribution >= 0.6 is 0 Å². The van der Waals surface area contributed by atoms with Crippen molar-refractivity contribution in [2.24, 2.45) is 0 Å². The van der Waals surface area contributed by atoms with Crippen molar-refractivity contribution < 1.29 is 13.9 Å². The van der Waals surface area contributed by atoms with Crippen LogP contribution in [0, 0.1) is 5.82 Å². The summed E-state index contributed by atoms with van der Waals surface area (Å²) >= 11 is 0. The highest BCUT2D eigenvalue weighted by Gasteiger charge is 2.09. The first-order valence-corrected chi connectivity index (χ1v) is 7.90. The smallest absolute Gasteiger partial charge is 0.234 e. The molecule has 0 aliphatic carbocycles. The topological polar surface area (TPSA) is 41.6 Å². The zero-order valence-corrected chi connectivity index (χ0v) is 14.1. The van der Waals surface area contributed by atoms with Crippen LogP contribution in [0.5, 0.6) is 5.75 Å². The summed E-state index contributed by atoms with van der Waals surface area (Å²) in [6.07, 6.45) is 0.806. The van der Waals surface area contributed by atoms with Gasteiger partial charge in [0.2, 0.25) is 5.91 Å². The van der Waals surface area contributed by atoms with Crippen molar-refractivity contribution in [1.82, 2.24) is 10.2 Å². The molecule has 0 spiro atoms. The fourth-order valence-electron chi connectivity index (χ4n) is 2.47. The summed E-state index contributed by atoms with van der Waals surface area (Å²) in [5.41, 5.74) is 1.99. The summed E-state index contributed by atoms with van der Waals surface area (Å²) in [5, 5.41) is 2.90. The molecule has 2 aromatic rings. The predicted molar refractivity (Wildman–Crippen MR) is 92.4 cm³/mol. The van der Waals surface area contributed by atoms with E-state index in [1.54, 1.807) is 12.1 Å². The molecule has 128 valence electrons. The van der Waals surface area contributed by atoms with E-state index in [-0.39, 0.29) is 18.2 Å². The summed E-state index contributed by atoms with van der Waals surface area (Å²) in [4.78, 5) is 13.8. The molecule has 0 fully saturated rings. The third-order valence-electron chi connectivity index (χ3n) is 3.66. The molecule has 0 bridgehead atoms. The zero-order valence-electron chi connectivity index (χ0n) is 14.1. The number of hydrogen-bond donors (Lipinski definition) is 1. The largest absolute Gasteiger partial charge is 0.494 e. The lowest BCUT2D eigenvalue weighted by Gasteiger charge is -2.17. The summed E-state index contributed by atoms with van der Waals surface area (Å²) in [7, 11) is 3.27. The molecule has 24 heavy (non-hydrogen) atoms. The van der Waals surface area contributed by atoms with Crippen LogP contribution in [0.3, 0.4) is 0 Å². The van der Waals surface area contributed by atoms with E-state index in [4.69, 9.17) is 4.74 Å². The Morgan fingerprint density at radius 1 is 1.17 bits per heavy atom. The molecule has 2 aromatic carbocycles. The number of carbonyl (C=O) groups excluding carboxylic acids is 1. The van der Waals surface area contributed by atoms with Crippen molar-refractivity contribution in [3.8, 4) is 5.75 Å². The first-order valence-electron chi connectivity index (χ1n) is 7.90. The molecule has 0 atom stereocenters.